The predicted molar refractivity (Wildman–Crippen MR) is 81.3 cm³/mol. The van der Waals surface area contributed by atoms with Gasteiger partial charge < -0.3 is 10.4 Å². The van der Waals surface area contributed by atoms with E-state index in [0.717, 1.165) is 17.7 Å². The topological polar surface area (TPSA) is 49.3 Å². The number of carboxylic acids is 1. The molecule has 2 rings (SSSR count). The molecule has 3 heteroatoms. The summed E-state index contributed by atoms with van der Waals surface area (Å²) in [5.41, 5.74) is 4.71. The maximum absolute atomic E-state index is 11.0. The number of carbonyl (C=O) groups is 1. The summed E-state index contributed by atoms with van der Waals surface area (Å²) < 4.78 is 0. The molecule has 0 bridgehead atoms. The second-order valence-electron chi connectivity index (χ2n) is 4.86. The van der Waals surface area contributed by atoms with E-state index in [0.29, 0.717) is 12.1 Å². The Hall–Kier alpha value is -2.29. The molecule has 0 radical (unpaired) electrons. The summed E-state index contributed by atoms with van der Waals surface area (Å²) in [6.07, 6.45) is 1.04. The zero-order valence-corrected chi connectivity index (χ0v) is 11.8. The Kier molecular flexibility index (Phi) is 4.41. The van der Waals surface area contributed by atoms with Crippen LogP contribution in [0.1, 0.15) is 34.0 Å². The van der Waals surface area contributed by atoms with E-state index in [1.54, 1.807) is 12.1 Å². The van der Waals surface area contributed by atoms with Crippen molar-refractivity contribution in [1.82, 2.24) is 0 Å². The highest BCUT2D eigenvalue weighted by Gasteiger charge is 2.06. The van der Waals surface area contributed by atoms with Gasteiger partial charge in [0.25, 0.3) is 0 Å². The van der Waals surface area contributed by atoms with Crippen molar-refractivity contribution >= 4 is 11.7 Å². The van der Waals surface area contributed by atoms with Gasteiger partial charge in [0, 0.05) is 12.2 Å². The first-order valence-corrected chi connectivity index (χ1v) is 6.75. The van der Waals surface area contributed by atoms with E-state index in [-0.39, 0.29) is 0 Å². The molecule has 2 aromatic carbocycles. The highest BCUT2D eigenvalue weighted by Crippen LogP contribution is 2.18. The standard InChI is InChI=1S/C17H19NO2/c1-3-13-5-7-14(8-6-13)11-18-16-10-15(17(19)20)9-4-12(16)2/h4-10,18H,3,11H2,1-2H3,(H,19,20). The van der Waals surface area contributed by atoms with Crippen LogP contribution < -0.4 is 5.32 Å². The lowest BCUT2D eigenvalue weighted by Crippen LogP contribution is -2.04. The Morgan fingerprint density at radius 3 is 2.35 bits per heavy atom. The SMILES string of the molecule is CCc1ccc(CNc2cc(C(=O)O)ccc2C)cc1. The van der Waals surface area contributed by atoms with Crippen LogP contribution in [0.3, 0.4) is 0 Å². The van der Waals surface area contributed by atoms with E-state index >= 15 is 0 Å². The molecule has 0 atom stereocenters. The lowest BCUT2D eigenvalue weighted by atomic mass is 10.1. The molecule has 0 aliphatic carbocycles. The molecule has 0 saturated carbocycles. The fourth-order valence-electron chi connectivity index (χ4n) is 2.04. The van der Waals surface area contributed by atoms with Gasteiger partial charge in [0.2, 0.25) is 0 Å². The number of anilines is 1. The van der Waals surface area contributed by atoms with Gasteiger partial charge in [0.15, 0.2) is 0 Å². The van der Waals surface area contributed by atoms with Crippen molar-refractivity contribution in [2.75, 3.05) is 5.32 Å². The van der Waals surface area contributed by atoms with Crippen LogP contribution in [-0.2, 0) is 13.0 Å². The number of nitrogens with one attached hydrogen (secondary N) is 1. The lowest BCUT2D eigenvalue weighted by Gasteiger charge is -2.11. The second kappa shape index (κ2) is 6.24. The van der Waals surface area contributed by atoms with Gasteiger partial charge in [-0.1, -0.05) is 37.3 Å². The molecule has 2 N–H and O–H groups in total. The molecular weight excluding hydrogens is 250 g/mol. The van der Waals surface area contributed by atoms with Gasteiger partial charge in [-0.2, -0.15) is 0 Å². The molecular formula is C17H19NO2. The van der Waals surface area contributed by atoms with Crippen LogP contribution >= 0.6 is 0 Å². The number of rotatable bonds is 5. The van der Waals surface area contributed by atoms with Gasteiger partial charge in [-0.3, -0.25) is 0 Å². The normalized spacial score (nSPS) is 10.3. The van der Waals surface area contributed by atoms with Crippen molar-refractivity contribution in [3.05, 3.63) is 64.7 Å². The van der Waals surface area contributed by atoms with Crippen LogP contribution in [0, 0.1) is 6.92 Å². The van der Waals surface area contributed by atoms with E-state index in [1.165, 1.54) is 11.1 Å². The van der Waals surface area contributed by atoms with E-state index < -0.39 is 5.97 Å². The Morgan fingerprint density at radius 2 is 1.75 bits per heavy atom. The molecule has 2 aromatic rings. The third-order valence-corrected chi connectivity index (χ3v) is 3.40. The van der Waals surface area contributed by atoms with Gasteiger partial charge >= 0.3 is 5.97 Å². The maximum Gasteiger partial charge on any atom is 0.335 e. The summed E-state index contributed by atoms with van der Waals surface area (Å²) in [4.78, 5) is 11.0. The molecule has 0 aromatic heterocycles. The largest absolute Gasteiger partial charge is 0.478 e. The lowest BCUT2D eigenvalue weighted by molar-refractivity contribution is 0.0697. The van der Waals surface area contributed by atoms with Gasteiger partial charge in [-0.25, -0.2) is 4.79 Å². The van der Waals surface area contributed by atoms with Crippen molar-refractivity contribution in [3.63, 3.8) is 0 Å². The van der Waals surface area contributed by atoms with Crippen LogP contribution in [0.15, 0.2) is 42.5 Å². The summed E-state index contributed by atoms with van der Waals surface area (Å²) in [6, 6.07) is 13.6. The molecule has 0 spiro atoms. The minimum absolute atomic E-state index is 0.305. The molecule has 0 fully saturated rings. The Balaban J connectivity index is 2.09. The number of hydrogen-bond donors (Lipinski definition) is 2. The van der Waals surface area contributed by atoms with Crippen LogP contribution in [-0.4, -0.2) is 11.1 Å². The third-order valence-electron chi connectivity index (χ3n) is 3.40. The molecule has 20 heavy (non-hydrogen) atoms. The average Bonchev–Trinajstić information content (AvgIpc) is 2.46. The first-order valence-electron chi connectivity index (χ1n) is 6.75. The molecule has 0 unspecified atom stereocenters. The van der Waals surface area contributed by atoms with Crippen molar-refractivity contribution < 1.29 is 9.90 Å². The van der Waals surface area contributed by atoms with Crippen LogP contribution in [0.5, 0.6) is 0 Å². The summed E-state index contributed by atoms with van der Waals surface area (Å²) in [5, 5.41) is 12.3. The molecule has 0 heterocycles. The quantitative estimate of drug-likeness (QED) is 0.866. The highest BCUT2D eigenvalue weighted by molar-refractivity contribution is 5.89. The van der Waals surface area contributed by atoms with E-state index in [4.69, 9.17) is 5.11 Å². The predicted octanol–water partition coefficient (Wildman–Crippen LogP) is 3.87. The Morgan fingerprint density at radius 1 is 1.10 bits per heavy atom. The number of carboxylic acid groups (broad SMARTS) is 1. The average molecular weight is 269 g/mol. The summed E-state index contributed by atoms with van der Waals surface area (Å²) >= 11 is 0. The zero-order valence-electron chi connectivity index (χ0n) is 11.8. The third kappa shape index (κ3) is 3.38. The summed E-state index contributed by atoms with van der Waals surface area (Å²) in [7, 11) is 0. The Labute approximate surface area is 119 Å². The van der Waals surface area contributed by atoms with Crippen LogP contribution in [0.4, 0.5) is 5.69 Å². The zero-order chi connectivity index (χ0) is 14.5. The smallest absolute Gasteiger partial charge is 0.335 e. The van der Waals surface area contributed by atoms with Crippen molar-refractivity contribution in [2.24, 2.45) is 0 Å². The van der Waals surface area contributed by atoms with Gasteiger partial charge in [-0.15, -0.1) is 0 Å². The molecule has 0 aliphatic heterocycles. The molecule has 0 saturated heterocycles. The van der Waals surface area contributed by atoms with E-state index in [2.05, 4.69) is 36.5 Å². The van der Waals surface area contributed by atoms with Crippen molar-refractivity contribution in [2.45, 2.75) is 26.8 Å². The maximum atomic E-state index is 11.0. The number of benzene rings is 2. The summed E-state index contributed by atoms with van der Waals surface area (Å²) in [5.74, 6) is -0.902. The Bertz CT molecular complexity index is 603. The second-order valence-corrected chi connectivity index (χ2v) is 4.86. The number of aromatic carboxylic acids is 1. The fraction of sp³-hybridized carbons (Fsp3) is 0.235. The van der Waals surface area contributed by atoms with Gasteiger partial charge in [0.1, 0.15) is 0 Å². The number of aryl methyl sites for hydroxylation is 2. The molecule has 0 aliphatic rings. The first kappa shape index (κ1) is 14.1. The molecule has 0 amide bonds. The monoisotopic (exact) mass is 269 g/mol. The number of hydrogen-bond acceptors (Lipinski definition) is 2. The van der Waals surface area contributed by atoms with Gasteiger partial charge in [-0.05, 0) is 42.2 Å². The van der Waals surface area contributed by atoms with Crippen LogP contribution in [0.2, 0.25) is 0 Å². The molecule has 104 valence electrons. The van der Waals surface area contributed by atoms with E-state index in [9.17, 15) is 4.79 Å². The minimum Gasteiger partial charge on any atom is -0.478 e. The fourth-order valence-corrected chi connectivity index (χ4v) is 2.04. The highest BCUT2D eigenvalue weighted by atomic mass is 16.4. The van der Waals surface area contributed by atoms with Crippen LogP contribution in [0.25, 0.3) is 0 Å². The van der Waals surface area contributed by atoms with Gasteiger partial charge in [0.05, 0.1) is 5.56 Å². The summed E-state index contributed by atoms with van der Waals surface area (Å²) in [6.45, 7) is 4.79. The van der Waals surface area contributed by atoms with Crippen molar-refractivity contribution in [3.8, 4) is 0 Å². The van der Waals surface area contributed by atoms with Crippen molar-refractivity contribution in [1.29, 1.82) is 0 Å². The van der Waals surface area contributed by atoms with E-state index in [1.807, 2.05) is 13.0 Å². The first-order chi connectivity index (χ1) is 9.60. The molecule has 3 nitrogen and oxygen atoms in total. The minimum atomic E-state index is -0.902.